The minimum absolute atomic E-state index is 0.00855. The van der Waals surface area contributed by atoms with E-state index in [-0.39, 0.29) is 34.0 Å². The van der Waals surface area contributed by atoms with Gasteiger partial charge in [-0.25, -0.2) is 30.8 Å². The highest BCUT2D eigenvalue weighted by molar-refractivity contribution is 7.89. The number of halogens is 7. The van der Waals surface area contributed by atoms with E-state index in [4.69, 9.17) is 4.74 Å². The zero-order valence-corrected chi connectivity index (χ0v) is 30.6. The topological polar surface area (TPSA) is 104 Å². The normalized spacial score (nSPS) is 15.9. The Morgan fingerprint density at radius 1 is 0.804 bits per heavy atom. The molecule has 0 atom stereocenters. The predicted molar refractivity (Wildman–Crippen MR) is 189 cm³/mol. The van der Waals surface area contributed by atoms with Gasteiger partial charge in [0.2, 0.25) is 15.9 Å². The standard InChI is InChI=1S/C40H35F7N2O6S/c1-21-34(41)36(43)37(44)38(35(21)42)56(53,54)48(19-26-4-2-3-5-30(26)40(45,46)47)20-33(50)49(31-13-10-25(39(51)52)17-32(31)55-29-11-12-29)18-22-14-27(23-6-7-23)16-28(15-22)24-8-9-24/h2-5,10,13-17,23-24,29H,6-9,11-12,18-20H2,1H3,(H,51,52). The van der Waals surface area contributed by atoms with Gasteiger partial charge in [-0.2, -0.15) is 17.5 Å². The molecule has 0 heterocycles. The van der Waals surface area contributed by atoms with Gasteiger partial charge in [-0.15, -0.1) is 0 Å². The minimum atomic E-state index is -5.77. The Labute approximate surface area is 317 Å². The van der Waals surface area contributed by atoms with Crippen molar-refractivity contribution in [2.45, 2.75) is 87.5 Å². The van der Waals surface area contributed by atoms with Gasteiger partial charge >= 0.3 is 12.1 Å². The van der Waals surface area contributed by atoms with Crippen molar-refractivity contribution in [1.82, 2.24) is 4.31 Å². The lowest BCUT2D eigenvalue weighted by Crippen LogP contribution is -2.43. The van der Waals surface area contributed by atoms with Crippen LogP contribution in [0.2, 0.25) is 0 Å². The molecule has 0 spiro atoms. The molecule has 3 aliphatic rings. The molecule has 0 bridgehead atoms. The number of ether oxygens (including phenoxy) is 1. The van der Waals surface area contributed by atoms with Gasteiger partial charge in [0.15, 0.2) is 28.2 Å². The van der Waals surface area contributed by atoms with Gasteiger partial charge in [0, 0.05) is 12.1 Å². The summed E-state index contributed by atoms with van der Waals surface area (Å²) in [7, 11) is -5.77. The molecule has 0 aromatic heterocycles. The zero-order valence-electron chi connectivity index (χ0n) is 29.8. The van der Waals surface area contributed by atoms with Crippen molar-refractivity contribution in [1.29, 1.82) is 0 Å². The molecule has 1 amide bonds. The first-order valence-electron chi connectivity index (χ1n) is 17.9. The van der Waals surface area contributed by atoms with Gasteiger partial charge in [0.05, 0.1) is 36.0 Å². The number of benzene rings is 4. The van der Waals surface area contributed by atoms with Crippen LogP contribution in [0, 0.1) is 30.2 Å². The largest absolute Gasteiger partial charge is 0.488 e. The van der Waals surface area contributed by atoms with Crippen LogP contribution in [0.5, 0.6) is 5.75 Å². The van der Waals surface area contributed by atoms with Crippen LogP contribution in [0.25, 0.3) is 0 Å². The summed E-state index contributed by atoms with van der Waals surface area (Å²) in [5, 5.41) is 9.75. The van der Waals surface area contributed by atoms with E-state index in [0.29, 0.717) is 43.2 Å². The molecule has 56 heavy (non-hydrogen) atoms. The molecule has 16 heteroatoms. The van der Waals surface area contributed by atoms with Crippen LogP contribution < -0.4 is 9.64 Å². The molecule has 3 fully saturated rings. The Hall–Kier alpha value is -4.96. The van der Waals surface area contributed by atoms with E-state index >= 15 is 8.78 Å². The third-order valence-electron chi connectivity index (χ3n) is 10.1. The number of carbonyl (C=O) groups excluding carboxylic acids is 1. The second kappa shape index (κ2) is 14.8. The molecule has 0 saturated heterocycles. The number of rotatable bonds is 14. The van der Waals surface area contributed by atoms with Gasteiger partial charge < -0.3 is 14.7 Å². The fraction of sp³-hybridized carbons (Fsp3) is 0.350. The smallest absolute Gasteiger partial charge is 0.416 e. The molecule has 7 rings (SSSR count). The highest BCUT2D eigenvalue weighted by Crippen LogP contribution is 2.46. The van der Waals surface area contributed by atoms with Crippen LogP contribution in [-0.4, -0.2) is 42.4 Å². The molecule has 3 aliphatic carbocycles. The van der Waals surface area contributed by atoms with Crippen molar-refractivity contribution in [2.24, 2.45) is 0 Å². The van der Waals surface area contributed by atoms with E-state index < -0.39 is 86.0 Å². The lowest BCUT2D eigenvalue weighted by molar-refractivity contribution is -0.138. The Balaban J connectivity index is 1.36. The maximum absolute atomic E-state index is 15.5. The summed E-state index contributed by atoms with van der Waals surface area (Å²) < 4.78 is 137. The molecular weight excluding hydrogens is 770 g/mol. The first kappa shape index (κ1) is 39.3. The number of carbonyl (C=O) groups is 2. The first-order chi connectivity index (χ1) is 26.4. The lowest BCUT2D eigenvalue weighted by Gasteiger charge is -2.30. The van der Waals surface area contributed by atoms with Crippen LogP contribution in [0.3, 0.4) is 0 Å². The van der Waals surface area contributed by atoms with Crippen molar-refractivity contribution in [3.8, 4) is 5.75 Å². The second-order valence-corrected chi connectivity index (χ2v) is 16.4. The summed E-state index contributed by atoms with van der Waals surface area (Å²) in [6.07, 6.45) is -0.312. The Kier molecular flexibility index (Phi) is 10.4. The first-order valence-corrected chi connectivity index (χ1v) is 19.3. The molecule has 4 aromatic carbocycles. The van der Waals surface area contributed by atoms with Crippen molar-refractivity contribution < 1.29 is 58.6 Å². The second-order valence-electron chi connectivity index (χ2n) is 14.5. The van der Waals surface area contributed by atoms with Gasteiger partial charge in [-0.05, 0) is 104 Å². The predicted octanol–water partition coefficient (Wildman–Crippen LogP) is 8.99. The third-order valence-corrected chi connectivity index (χ3v) is 11.9. The van der Waals surface area contributed by atoms with Gasteiger partial charge in [0.25, 0.3) is 0 Å². The van der Waals surface area contributed by atoms with Crippen LogP contribution >= 0.6 is 0 Å². The Bertz CT molecular complexity index is 2280. The molecule has 0 unspecified atom stereocenters. The highest BCUT2D eigenvalue weighted by atomic mass is 32.2. The van der Waals surface area contributed by atoms with Crippen molar-refractivity contribution in [2.75, 3.05) is 11.4 Å². The molecular formula is C40H35F7N2O6S. The zero-order chi connectivity index (χ0) is 40.3. The quantitative estimate of drug-likeness (QED) is 0.0776. The Morgan fingerprint density at radius 3 is 2.00 bits per heavy atom. The number of amides is 1. The monoisotopic (exact) mass is 804 g/mol. The van der Waals surface area contributed by atoms with Crippen LogP contribution in [0.1, 0.15) is 94.1 Å². The fourth-order valence-corrected chi connectivity index (χ4v) is 8.17. The van der Waals surface area contributed by atoms with Gasteiger partial charge in [-0.3, -0.25) is 4.79 Å². The van der Waals surface area contributed by atoms with E-state index in [2.05, 4.69) is 6.07 Å². The third kappa shape index (κ3) is 8.12. The number of carboxylic acid groups (broad SMARTS) is 1. The average Bonchev–Trinajstić information content (AvgIpc) is 3.99. The number of aromatic carboxylic acids is 1. The number of hydrogen-bond acceptors (Lipinski definition) is 5. The van der Waals surface area contributed by atoms with Crippen LogP contribution in [0.4, 0.5) is 36.4 Å². The summed E-state index contributed by atoms with van der Waals surface area (Å²) in [6.45, 7) is -2.24. The summed E-state index contributed by atoms with van der Waals surface area (Å²) in [4.78, 5) is 25.7. The summed E-state index contributed by atoms with van der Waals surface area (Å²) in [5.41, 5.74) is -0.788. The maximum atomic E-state index is 15.5. The van der Waals surface area contributed by atoms with Crippen molar-refractivity contribution >= 4 is 27.6 Å². The molecule has 0 aliphatic heterocycles. The van der Waals surface area contributed by atoms with E-state index in [1.807, 2.05) is 12.1 Å². The number of nitrogens with zero attached hydrogens (tertiary/aromatic N) is 2. The maximum Gasteiger partial charge on any atom is 0.416 e. The average molecular weight is 805 g/mol. The van der Waals surface area contributed by atoms with E-state index in [9.17, 15) is 45.1 Å². The van der Waals surface area contributed by atoms with Crippen molar-refractivity contribution in [3.05, 3.63) is 123 Å². The lowest BCUT2D eigenvalue weighted by atomic mass is 9.99. The number of hydrogen-bond donors (Lipinski definition) is 1. The molecule has 296 valence electrons. The molecule has 4 aromatic rings. The highest BCUT2D eigenvalue weighted by Gasteiger charge is 2.40. The molecule has 3 saturated carbocycles. The van der Waals surface area contributed by atoms with Gasteiger partial charge in [0.1, 0.15) is 5.75 Å². The van der Waals surface area contributed by atoms with Crippen LogP contribution in [0.15, 0.2) is 65.6 Å². The molecule has 8 nitrogen and oxygen atoms in total. The number of anilines is 1. The van der Waals surface area contributed by atoms with Crippen LogP contribution in [-0.2, 0) is 34.1 Å². The van der Waals surface area contributed by atoms with E-state index in [1.54, 1.807) is 0 Å². The van der Waals surface area contributed by atoms with Gasteiger partial charge in [-0.1, -0.05) is 36.4 Å². The SMILES string of the molecule is Cc1c(F)c(F)c(F)c(S(=O)(=O)N(CC(=O)N(Cc2cc(C3CC3)cc(C3CC3)c2)c2ccc(C(=O)O)cc2OC2CC2)Cc2ccccc2C(F)(F)F)c1F. The summed E-state index contributed by atoms with van der Waals surface area (Å²) in [5.74, 6) is -10.7. The summed E-state index contributed by atoms with van der Waals surface area (Å²) in [6, 6.07) is 13.3. The van der Waals surface area contributed by atoms with Crippen molar-refractivity contribution in [3.63, 3.8) is 0 Å². The fourth-order valence-electron chi connectivity index (χ4n) is 6.63. The molecule has 1 N–H and O–H groups in total. The minimum Gasteiger partial charge on any atom is -0.488 e. The van der Waals surface area contributed by atoms with E-state index in [0.717, 1.165) is 59.9 Å². The number of alkyl halides is 3. The van der Waals surface area contributed by atoms with E-state index in [1.165, 1.54) is 18.2 Å². The number of carboxylic acids is 1. The summed E-state index contributed by atoms with van der Waals surface area (Å²) >= 11 is 0. The Morgan fingerprint density at radius 2 is 1.43 bits per heavy atom. The number of sulfonamides is 1. The molecule has 0 radical (unpaired) electrons.